The van der Waals surface area contributed by atoms with Crippen molar-refractivity contribution in [1.82, 2.24) is 25.1 Å². The molecule has 7 nitrogen and oxygen atoms in total. The number of piperidine rings is 1. The molecule has 1 fully saturated rings. The highest BCUT2D eigenvalue weighted by atomic mass is 19.4. The Labute approximate surface area is 154 Å². The van der Waals surface area contributed by atoms with Crippen LogP contribution in [0.3, 0.4) is 0 Å². The van der Waals surface area contributed by atoms with Gasteiger partial charge in [-0.3, -0.25) is 9.48 Å². The van der Waals surface area contributed by atoms with Gasteiger partial charge in [0.1, 0.15) is 23.0 Å². The molecule has 3 heterocycles. The van der Waals surface area contributed by atoms with Gasteiger partial charge in [-0.25, -0.2) is 9.97 Å². The summed E-state index contributed by atoms with van der Waals surface area (Å²) in [7, 11) is 1.75. The first-order valence-electron chi connectivity index (χ1n) is 8.63. The second-order valence-corrected chi connectivity index (χ2v) is 6.71. The van der Waals surface area contributed by atoms with Crippen molar-refractivity contribution >= 4 is 11.7 Å². The fraction of sp³-hybridized carbons (Fsp3) is 0.529. The average molecular weight is 382 g/mol. The summed E-state index contributed by atoms with van der Waals surface area (Å²) < 4.78 is 40.6. The minimum atomic E-state index is -4.53. The summed E-state index contributed by atoms with van der Waals surface area (Å²) in [4.78, 5) is 21.8. The lowest BCUT2D eigenvalue weighted by Crippen LogP contribution is -2.48. The van der Waals surface area contributed by atoms with E-state index in [-0.39, 0.29) is 23.6 Å². The summed E-state index contributed by atoms with van der Waals surface area (Å²) >= 11 is 0. The smallest absolute Gasteiger partial charge is 0.354 e. The van der Waals surface area contributed by atoms with Crippen molar-refractivity contribution in [3.05, 3.63) is 35.0 Å². The molecule has 2 aromatic rings. The number of anilines is 1. The van der Waals surface area contributed by atoms with Crippen LogP contribution in [0.15, 0.2) is 12.1 Å². The molecule has 3 rings (SSSR count). The molecule has 2 aromatic heterocycles. The zero-order chi connectivity index (χ0) is 19.8. The minimum Gasteiger partial charge on any atom is -0.354 e. The lowest BCUT2D eigenvalue weighted by atomic mass is 10.1. The molecular weight excluding hydrogens is 361 g/mol. The Balaban J connectivity index is 1.73. The van der Waals surface area contributed by atoms with Crippen LogP contribution in [0.2, 0.25) is 0 Å². The van der Waals surface area contributed by atoms with Crippen LogP contribution >= 0.6 is 0 Å². The highest BCUT2D eigenvalue weighted by Crippen LogP contribution is 2.30. The molecule has 0 bridgehead atoms. The van der Waals surface area contributed by atoms with E-state index in [1.807, 2.05) is 6.92 Å². The Morgan fingerprint density at radius 2 is 2.00 bits per heavy atom. The molecule has 1 aliphatic heterocycles. The van der Waals surface area contributed by atoms with Crippen molar-refractivity contribution < 1.29 is 18.0 Å². The summed E-state index contributed by atoms with van der Waals surface area (Å²) in [5, 5.41) is 7.06. The van der Waals surface area contributed by atoms with Crippen molar-refractivity contribution in [2.45, 2.75) is 38.9 Å². The SMILES string of the molecule is Cc1nc(N2CCCC(NC(=O)c3cc(C)n(C)n3)C2)cc(C(F)(F)F)n1. The zero-order valence-electron chi connectivity index (χ0n) is 15.3. The second kappa shape index (κ2) is 7.16. The lowest BCUT2D eigenvalue weighted by Gasteiger charge is -2.34. The molecule has 0 spiro atoms. The van der Waals surface area contributed by atoms with E-state index in [4.69, 9.17) is 0 Å². The van der Waals surface area contributed by atoms with Crippen LogP contribution in [-0.2, 0) is 13.2 Å². The van der Waals surface area contributed by atoms with Crippen LogP contribution in [0.25, 0.3) is 0 Å². The monoisotopic (exact) mass is 382 g/mol. The summed E-state index contributed by atoms with van der Waals surface area (Å²) in [5.74, 6) is -0.00204. The molecule has 27 heavy (non-hydrogen) atoms. The van der Waals surface area contributed by atoms with Gasteiger partial charge in [0.05, 0.1) is 0 Å². The van der Waals surface area contributed by atoms with E-state index in [1.165, 1.54) is 6.92 Å². The number of rotatable bonds is 3. The Kier molecular flexibility index (Phi) is 5.07. The van der Waals surface area contributed by atoms with E-state index in [1.54, 1.807) is 22.7 Å². The van der Waals surface area contributed by atoms with Gasteiger partial charge in [0.15, 0.2) is 0 Å². The molecule has 1 N–H and O–H groups in total. The topological polar surface area (TPSA) is 75.9 Å². The Hall–Kier alpha value is -2.65. The van der Waals surface area contributed by atoms with E-state index in [0.29, 0.717) is 18.8 Å². The third-order valence-electron chi connectivity index (χ3n) is 4.54. The lowest BCUT2D eigenvalue weighted by molar-refractivity contribution is -0.141. The number of alkyl halides is 3. The molecule has 0 saturated carbocycles. The summed E-state index contributed by atoms with van der Waals surface area (Å²) in [6.45, 7) is 4.24. The maximum absolute atomic E-state index is 13.0. The molecule has 146 valence electrons. The number of carbonyl (C=O) groups excluding carboxylic acids is 1. The third-order valence-corrected chi connectivity index (χ3v) is 4.54. The third kappa shape index (κ3) is 4.37. The second-order valence-electron chi connectivity index (χ2n) is 6.71. The van der Waals surface area contributed by atoms with E-state index < -0.39 is 11.9 Å². The molecule has 1 atom stereocenters. The summed E-state index contributed by atoms with van der Waals surface area (Å²) in [6.07, 6.45) is -3.05. The number of hydrogen-bond donors (Lipinski definition) is 1. The van der Waals surface area contributed by atoms with Gasteiger partial charge in [-0.15, -0.1) is 0 Å². The number of carbonyl (C=O) groups is 1. The van der Waals surface area contributed by atoms with Crippen molar-refractivity contribution in [3.63, 3.8) is 0 Å². The average Bonchev–Trinajstić information content (AvgIpc) is 2.93. The van der Waals surface area contributed by atoms with Crippen LogP contribution in [-0.4, -0.2) is 44.8 Å². The van der Waals surface area contributed by atoms with E-state index in [9.17, 15) is 18.0 Å². The van der Waals surface area contributed by atoms with E-state index >= 15 is 0 Å². The molecule has 0 radical (unpaired) electrons. The number of halogens is 3. The number of nitrogens with zero attached hydrogens (tertiary/aromatic N) is 5. The molecule has 0 aromatic carbocycles. The van der Waals surface area contributed by atoms with Gasteiger partial charge < -0.3 is 10.2 Å². The van der Waals surface area contributed by atoms with Gasteiger partial charge in [-0.05, 0) is 32.8 Å². The van der Waals surface area contributed by atoms with Crippen LogP contribution in [0.1, 0.15) is 40.5 Å². The predicted molar refractivity (Wildman–Crippen MR) is 92.4 cm³/mol. The van der Waals surface area contributed by atoms with Crippen molar-refractivity contribution in [3.8, 4) is 0 Å². The molecule has 10 heteroatoms. The highest BCUT2D eigenvalue weighted by Gasteiger charge is 2.34. The van der Waals surface area contributed by atoms with Crippen molar-refractivity contribution in [2.75, 3.05) is 18.0 Å². The molecule has 0 aliphatic carbocycles. The number of aryl methyl sites for hydroxylation is 3. The van der Waals surface area contributed by atoms with Crippen LogP contribution in [0.4, 0.5) is 19.0 Å². The number of amides is 1. The van der Waals surface area contributed by atoms with Crippen LogP contribution in [0, 0.1) is 13.8 Å². The van der Waals surface area contributed by atoms with Crippen LogP contribution < -0.4 is 10.2 Å². The van der Waals surface area contributed by atoms with E-state index in [0.717, 1.165) is 24.6 Å². The normalized spacial score (nSPS) is 17.9. The van der Waals surface area contributed by atoms with Gasteiger partial charge in [0, 0.05) is 37.9 Å². The molecule has 1 amide bonds. The standard InChI is InChI=1S/C17H21F3N6O/c1-10-7-13(24-25(10)3)16(27)23-12-5-4-6-26(9-12)15-8-14(17(18,19)20)21-11(2)22-15/h7-8,12H,4-6,9H2,1-3H3,(H,23,27). The van der Waals surface area contributed by atoms with Gasteiger partial charge in [0.25, 0.3) is 5.91 Å². The molecule has 1 unspecified atom stereocenters. The van der Waals surface area contributed by atoms with Gasteiger partial charge in [0.2, 0.25) is 0 Å². The summed E-state index contributed by atoms with van der Waals surface area (Å²) in [6, 6.07) is 2.46. The first kappa shape index (κ1) is 19.1. The maximum Gasteiger partial charge on any atom is 0.433 e. The fourth-order valence-electron chi connectivity index (χ4n) is 3.09. The minimum absolute atomic E-state index is 0.0648. The van der Waals surface area contributed by atoms with Crippen molar-refractivity contribution in [2.24, 2.45) is 7.05 Å². The number of aromatic nitrogens is 4. The largest absolute Gasteiger partial charge is 0.433 e. The molecular formula is C17H21F3N6O. The predicted octanol–water partition coefficient (Wildman–Crippen LogP) is 2.24. The molecule has 1 saturated heterocycles. The summed E-state index contributed by atoms with van der Waals surface area (Å²) in [5.41, 5.74) is 0.228. The Morgan fingerprint density at radius 1 is 1.26 bits per heavy atom. The van der Waals surface area contributed by atoms with Gasteiger partial charge in [-0.2, -0.15) is 18.3 Å². The van der Waals surface area contributed by atoms with Gasteiger partial charge >= 0.3 is 6.18 Å². The van der Waals surface area contributed by atoms with E-state index in [2.05, 4.69) is 20.4 Å². The van der Waals surface area contributed by atoms with Crippen molar-refractivity contribution in [1.29, 1.82) is 0 Å². The van der Waals surface area contributed by atoms with Crippen LogP contribution in [0.5, 0.6) is 0 Å². The highest BCUT2D eigenvalue weighted by molar-refractivity contribution is 5.92. The first-order chi connectivity index (χ1) is 12.6. The Morgan fingerprint density at radius 3 is 2.63 bits per heavy atom. The maximum atomic E-state index is 13.0. The number of nitrogens with one attached hydrogen (secondary N) is 1. The van der Waals surface area contributed by atoms with Gasteiger partial charge in [-0.1, -0.05) is 0 Å². The fourth-order valence-corrected chi connectivity index (χ4v) is 3.09. The quantitative estimate of drug-likeness (QED) is 0.881. The Bertz CT molecular complexity index is 828. The number of hydrogen-bond acceptors (Lipinski definition) is 5. The zero-order valence-corrected chi connectivity index (χ0v) is 15.3. The molecule has 1 aliphatic rings. The first-order valence-corrected chi connectivity index (χ1v) is 8.63.